The number of allylic oxidation sites excluding steroid dienone is 4. The highest BCUT2D eigenvalue weighted by molar-refractivity contribution is 7.11. The Kier molecular flexibility index (Phi) is 6.14. The minimum Gasteiger partial charge on any atom is -0.473 e. The zero-order valence-electron chi connectivity index (χ0n) is 16.1. The normalized spacial score (nSPS) is 24.0. The fourth-order valence-electron chi connectivity index (χ4n) is 3.43. The van der Waals surface area contributed by atoms with Crippen molar-refractivity contribution in [2.24, 2.45) is 5.73 Å². The van der Waals surface area contributed by atoms with E-state index in [1.54, 1.807) is 0 Å². The Morgan fingerprint density at radius 1 is 1.30 bits per heavy atom. The predicted octanol–water partition coefficient (Wildman–Crippen LogP) is 3.81. The fourth-order valence-corrected chi connectivity index (χ4v) is 4.32. The van der Waals surface area contributed by atoms with Gasteiger partial charge in [-0.05, 0) is 31.8 Å². The Hall–Kier alpha value is -2.72. The van der Waals surface area contributed by atoms with Crippen LogP contribution < -0.4 is 15.8 Å². The molecule has 0 spiro atoms. The first-order chi connectivity index (χ1) is 14.5. The first-order valence-electron chi connectivity index (χ1n) is 9.71. The summed E-state index contributed by atoms with van der Waals surface area (Å²) in [4.78, 5) is 24.8. The number of amides is 1. The number of carbonyl (C=O) groups excluding carboxylic acids is 1. The number of anilines is 1. The molecule has 0 bridgehead atoms. The Bertz CT molecular complexity index is 985. The third-order valence-corrected chi connectivity index (χ3v) is 5.94. The Balaban J connectivity index is 1.47. The average Bonchev–Trinajstić information content (AvgIpc) is 3.21. The lowest BCUT2D eigenvalue weighted by Crippen LogP contribution is -2.32. The van der Waals surface area contributed by atoms with Crippen LogP contribution in [0.15, 0.2) is 35.9 Å². The van der Waals surface area contributed by atoms with E-state index in [1.807, 2.05) is 0 Å². The number of nitrogens with two attached hydrogens (primary N) is 1. The van der Waals surface area contributed by atoms with Crippen LogP contribution in [-0.2, 0) is 0 Å². The van der Waals surface area contributed by atoms with Gasteiger partial charge in [0.1, 0.15) is 40.8 Å². The van der Waals surface area contributed by atoms with E-state index in [2.05, 4.69) is 20.3 Å². The lowest BCUT2D eigenvalue weighted by molar-refractivity contribution is 0.102. The quantitative estimate of drug-likeness (QED) is 0.743. The van der Waals surface area contributed by atoms with Crippen LogP contribution in [0.4, 0.5) is 14.5 Å². The molecule has 1 amide bonds. The van der Waals surface area contributed by atoms with Gasteiger partial charge in [-0.1, -0.05) is 6.08 Å². The van der Waals surface area contributed by atoms with Gasteiger partial charge < -0.3 is 15.8 Å². The van der Waals surface area contributed by atoms with Crippen LogP contribution in [0.1, 0.15) is 47.6 Å². The van der Waals surface area contributed by atoms with Crippen LogP contribution in [-0.4, -0.2) is 39.2 Å². The van der Waals surface area contributed by atoms with Gasteiger partial charge in [-0.25, -0.2) is 18.7 Å². The monoisotopic (exact) mass is 433 g/mol. The van der Waals surface area contributed by atoms with E-state index in [4.69, 9.17) is 10.5 Å². The zero-order valence-corrected chi connectivity index (χ0v) is 16.9. The molecule has 2 aliphatic carbocycles. The number of nitrogens with zero attached hydrogens (tertiary/aromatic N) is 3. The van der Waals surface area contributed by atoms with E-state index in [1.165, 1.54) is 30.1 Å². The standard InChI is InChI=1S/C20H21F2N5O2S/c21-13-2-1-3-14(22)17(13)20-27-16(9-30-20)18(28)26-15-8-24-10-25-19(15)29-12-6-4-11(23)5-7-12/h1-2,8-12,14H,3-7,23H2,(H,26,28). The number of ether oxygens (including phenoxy) is 1. The highest BCUT2D eigenvalue weighted by atomic mass is 32.1. The van der Waals surface area contributed by atoms with Crippen LogP contribution in [0, 0.1) is 0 Å². The van der Waals surface area contributed by atoms with Crippen molar-refractivity contribution in [2.75, 3.05) is 5.32 Å². The zero-order chi connectivity index (χ0) is 21.1. The molecule has 2 aromatic rings. The molecule has 4 rings (SSSR count). The number of rotatable bonds is 5. The summed E-state index contributed by atoms with van der Waals surface area (Å²) in [6.45, 7) is 0. The number of hydrogen-bond acceptors (Lipinski definition) is 7. The second kappa shape index (κ2) is 8.97. The van der Waals surface area contributed by atoms with Crippen molar-refractivity contribution in [1.82, 2.24) is 15.0 Å². The molecule has 0 saturated heterocycles. The highest BCUT2D eigenvalue weighted by Gasteiger charge is 2.26. The molecule has 0 radical (unpaired) electrons. The third kappa shape index (κ3) is 4.54. The Morgan fingerprint density at radius 3 is 2.87 bits per heavy atom. The Morgan fingerprint density at radius 2 is 2.10 bits per heavy atom. The summed E-state index contributed by atoms with van der Waals surface area (Å²) >= 11 is 1.02. The summed E-state index contributed by atoms with van der Waals surface area (Å²) < 4.78 is 34.1. The molecule has 0 aliphatic heterocycles. The van der Waals surface area contributed by atoms with E-state index in [0.29, 0.717) is 5.69 Å². The van der Waals surface area contributed by atoms with Gasteiger partial charge in [0.15, 0.2) is 0 Å². The third-order valence-electron chi connectivity index (χ3n) is 5.07. The lowest BCUT2D eigenvalue weighted by atomic mass is 9.94. The molecule has 7 nitrogen and oxygen atoms in total. The predicted molar refractivity (Wildman–Crippen MR) is 110 cm³/mol. The van der Waals surface area contributed by atoms with Gasteiger partial charge in [0.2, 0.25) is 5.88 Å². The van der Waals surface area contributed by atoms with Crippen LogP contribution in [0.5, 0.6) is 5.88 Å². The maximum Gasteiger partial charge on any atom is 0.275 e. The summed E-state index contributed by atoms with van der Waals surface area (Å²) in [6, 6.07) is 0.191. The second-order valence-corrected chi connectivity index (χ2v) is 8.11. The summed E-state index contributed by atoms with van der Waals surface area (Å²) in [5.74, 6) is -0.941. The molecule has 1 saturated carbocycles. The lowest BCUT2D eigenvalue weighted by Gasteiger charge is -2.26. The largest absolute Gasteiger partial charge is 0.473 e. The van der Waals surface area contributed by atoms with E-state index in [-0.39, 0.29) is 40.7 Å². The van der Waals surface area contributed by atoms with Crippen molar-refractivity contribution >= 4 is 28.5 Å². The van der Waals surface area contributed by atoms with Gasteiger partial charge in [0.05, 0.1) is 11.8 Å². The minimum atomic E-state index is -1.48. The number of aromatic nitrogens is 3. The SMILES string of the molecule is NC1CCC(Oc2ncncc2NC(=O)c2csc(C3=C(F)C=CCC3F)n2)CC1. The molecule has 2 heterocycles. The van der Waals surface area contributed by atoms with Gasteiger partial charge >= 0.3 is 0 Å². The van der Waals surface area contributed by atoms with Gasteiger partial charge in [-0.15, -0.1) is 11.3 Å². The van der Waals surface area contributed by atoms with Gasteiger partial charge in [0.25, 0.3) is 5.91 Å². The minimum absolute atomic E-state index is 0.0306. The first-order valence-corrected chi connectivity index (χ1v) is 10.6. The van der Waals surface area contributed by atoms with Crippen molar-refractivity contribution in [3.63, 3.8) is 0 Å². The maximum atomic E-state index is 14.1. The molecule has 2 aliphatic rings. The second-order valence-electron chi connectivity index (χ2n) is 7.26. The number of carbonyl (C=O) groups is 1. The smallest absolute Gasteiger partial charge is 0.275 e. The molecule has 10 heteroatoms. The number of thiazole rings is 1. The maximum absolute atomic E-state index is 14.1. The highest BCUT2D eigenvalue weighted by Crippen LogP contribution is 2.34. The molecular formula is C20H21F2N5O2S. The average molecular weight is 433 g/mol. The molecular weight excluding hydrogens is 412 g/mol. The molecule has 1 unspecified atom stereocenters. The van der Waals surface area contributed by atoms with E-state index in [9.17, 15) is 13.6 Å². The van der Waals surface area contributed by atoms with Crippen LogP contribution in [0.2, 0.25) is 0 Å². The molecule has 0 aromatic carbocycles. The number of halogens is 2. The molecule has 1 fully saturated rings. The summed E-state index contributed by atoms with van der Waals surface area (Å²) in [7, 11) is 0. The molecule has 1 atom stereocenters. The number of alkyl halides is 1. The van der Waals surface area contributed by atoms with Crippen LogP contribution >= 0.6 is 11.3 Å². The van der Waals surface area contributed by atoms with Crippen molar-refractivity contribution in [3.05, 3.63) is 46.6 Å². The molecule has 30 heavy (non-hydrogen) atoms. The van der Waals surface area contributed by atoms with Crippen molar-refractivity contribution in [3.8, 4) is 5.88 Å². The summed E-state index contributed by atoms with van der Waals surface area (Å²) in [5, 5.41) is 4.29. The topological polar surface area (TPSA) is 103 Å². The van der Waals surface area contributed by atoms with E-state index in [0.717, 1.165) is 37.0 Å². The molecule has 3 N–H and O–H groups in total. The number of hydrogen-bond donors (Lipinski definition) is 2. The van der Waals surface area contributed by atoms with Crippen LogP contribution in [0.3, 0.4) is 0 Å². The van der Waals surface area contributed by atoms with Gasteiger partial charge in [0, 0.05) is 17.8 Å². The van der Waals surface area contributed by atoms with Crippen molar-refractivity contribution < 1.29 is 18.3 Å². The first kappa shape index (κ1) is 20.5. The molecule has 2 aromatic heterocycles. The van der Waals surface area contributed by atoms with Crippen molar-refractivity contribution in [2.45, 2.75) is 50.4 Å². The van der Waals surface area contributed by atoms with Crippen molar-refractivity contribution in [1.29, 1.82) is 0 Å². The van der Waals surface area contributed by atoms with E-state index < -0.39 is 17.9 Å². The van der Waals surface area contributed by atoms with E-state index >= 15 is 0 Å². The summed E-state index contributed by atoms with van der Waals surface area (Å²) in [5.41, 5.74) is 6.16. The fraction of sp³-hybridized carbons (Fsp3) is 0.400. The van der Waals surface area contributed by atoms with Gasteiger partial charge in [-0.2, -0.15) is 4.98 Å². The Labute approximate surface area is 176 Å². The van der Waals surface area contributed by atoms with Gasteiger partial charge in [-0.3, -0.25) is 4.79 Å². The molecule has 158 valence electrons. The van der Waals surface area contributed by atoms with Crippen LogP contribution in [0.25, 0.3) is 5.57 Å². The summed E-state index contributed by atoms with van der Waals surface area (Å²) in [6.07, 6.45) is 7.37. The number of nitrogens with one attached hydrogen (secondary N) is 1.